The van der Waals surface area contributed by atoms with E-state index in [9.17, 15) is 0 Å². The van der Waals surface area contributed by atoms with Crippen LogP contribution in [0, 0.1) is 6.92 Å². The molecule has 5 heteroatoms. The lowest BCUT2D eigenvalue weighted by Crippen LogP contribution is -2.08. The summed E-state index contributed by atoms with van der Waals surface area (Å²) < 4.78 is 5.79. The molecule has 0 fully saturated rings. The third kappa shape index (κ3) is 4.34. The third-order valence-electron chi connectivity index (χ3n) is 3.13. The van der Waals surface area contributed by atoms with E-state index in [-0.39, 0.29) is 0 Å². The van der Waals surface area contributed by atoms with Gasteiger partial charge in [0.2, 0.25) is 0 Å². The first-order valence-electron chi connectivity index (χ1n) is 7.24. The van der Waals surface area contributed by atoms with Gasteiger partial charge in [-0.05, 0) is 25.5 Å². The van der Waals surface area contributed by atoms with E-state index in [0.29, 0.717) is 18.2 Å². The molecule has 0 saturated heterocycles. The lowest BCUT2D eigenvalue weighted by Gasteiger charge is -2.13. The van der Waals surface area contributed by atoms with E-state index in [0.717, 1.165) is 36.4 Å². The molecule has 2 aromatic rings. The number of hydrogen-bond acceptors (Lipinski definition) is 5. The lowest BCUT2D eigenvalue weighted by molar-refractivity contribution is 0.310. The second kappa shape index (κ2) is 7.47. The number of para-hydroxylation sites is 2. The highest BCUT2D eigenvalue weighted by Crippen LogP contribution is 2.25. The van der Waals surface area contributed by atoms with Gasteiger partial charge in [-0.1, -0.05) is 25.5 Å². The maximum Gasteiger partial charge on any atom is 0.142 e. The van der Waals surface area contributed by atoms with E-state index >= 15 is 0 Å². The van der Waals surface area contributed by atoms with E-state index in [1.807, 2.05) is 31.2 Å². The number of aryl methyl sites for hydroxylation is 1. The summed E-state index contributed by atoms with van der Waals surface area (Å²) >= 11 is 0. The zero-order valence-corrected chi connectivity index (χ0v) is 12.6. The molecule has 21 heavy (non-hydrogen) atoms. The maximum atomic E-state index is 5.90. The summed E-state index contributed by atoms with van der Waals surface area (Å²) in [5.41, 5.74) is 7.73. The second-order valence-corrected chi connectivity index (χ2v) is 4.88. The van der Waals surface area contributed by atoms with Crippen LogP contribution in [0.2, 0.25) is 0 Å². The molecule has 0 atom stereocenters. The fourth-order valence-electron chi connectivity index (χ4n) is 1.90. The Hall–Kier alpha value is -2.30. The Morgan fingerprint density at radius 2 is 2.10 bits per heavy atom. The van der Waals surface area contributed by atoms with Crippen molar-refractivity contribution in [2.24, 2.45) is 0 Å². The van der Waals surface area contributed by atoms with Gasteiger partial charge >= 0.3 is 0 Å². The zero-order chi connectivity index (χ0) is 15.1. The Balaban J connectivity index is 2.02. The minimum Gasteiger partial charge on any atom is -0.491 e. The van der Waals surface area contributed by atoms with Gasteiger partial charge in [-0.15, -0.1) is 0 Å². The number of nitrogens with two attached hydrogens (primary N) is 1. The number of rotatable bonds is 7. The number of ether oxygens (including phenoxy) is 1. The van der Waals surface area contributed by atoms with Gasteiger partial charge in [0, 0.05) is 18.3 Å². The van der Waals surface area contributed by atoms with Crippen LogP contribution in [0.4, 0.5) is 11.5 Å². The summed E-state index contributed by atoms with van der Waals surface area (Å²) in [5.74, 6) is 2.05. The Labute approximate surface area is 125 Å². The minimum atomic E-state index is 0.513. The summed E-state index contributed by atoms with van der Waals surface area (Å²) in [6.07, 6.45) is 3.92. The molecule has 3 N–H and O–H groups in total. The molecule has 0 spiro atoms. The van der Waals surface area contributed by atoms with Crippen LogP contribution in [0.1, 0.15) is 31.2 Å². The highest BCUT2D eigenvalue weighted by atomic mass is 16.5. The van der Waals surface area contributed by atoms with E-state index in [1.54, 1.807) is 6.20 Å². The predicted molar refractivity (Wildman–Crippen MR) is 85.4 cm³/mol. The molecule has 0 radical (unpaired) electrons. The number of nitrogens with one attached hydrogen (secondary N) is 1. The van der Waals surface area contributed by atoms with Crippen LogP contribution < -0.4 is 15.8 Å². The Kier molecular flexibility index (Phi) is 5.37. The number of benzene rings is 1. The van der Waals surface area contributed by atoms with Crippen molar-refractivity contribution in [3.63, 3.8) is 0 Å². The Morgan fingerprint density at radius 3 is 2.86 bits per heavy atom. The number of nitrogen functional groups attached to an aromatic ring is 1. The average Bonchev–Trinajstić information content (AvgIpc) is 2.48. The predicted octanol–water partition coefficient (Wildman–Crippen LogP) is 3.16. The number of hydrogen-bond donors (Lipinski definition) is 2. The quantitative estimate of drug-likeness (QED) is 0.765. The van der Waals surface area contributed by atoms with Crippen molar-refractivity contribution in [3.8, 4) is 5.75 Å². The first-order chi connectivity index (χ1) is 10.2. The second-order valence-electron chi connectivity index (χ2n) is 4.88. The summed E-state index contributed by atoms with van der Waals surface area (Å²) in [4.78, 5) is 8.34. The fourth-order valence-corrected chi connectivity index (χ4v) is 1.90. The van der Waals surface area contributed by atoms with Crippen molar-refractivity contribution in [2.45, 2.75) is 33.2 Å². The van der Waals surface area contributed by atoms with E-state index in [4.69, 9.17) is 10.5 Å². The summed E-state index contributed by atoms with van der Waals surface area (Å²) in [5, 5.41) is 3.33. The van der Waals surface area contributed by atoms with Gasteiger partial charge < -0.3 is 15.8 Å². The SMILES string of the molecule is CCCCOc1ccccc1NCc1cnc(C)nc1N. The third-order valence-corrected chi connectivity index (χ3v) is 3.13. The van der Waals surface area contributed by atoms with Crippen LogP contribution in [0.25, 0.3) is 0 Å². The molecule has 1 aromatic carbocycles. The molecule has 0 unspecified atom stereocenters. The van der Waals surface area contributed by atoms with Crippen molar-refractivity contribution >= 4 is 11.5 Å². The molecule has 1 heterocycles. The molecule has 0 bridgehead atoms. The molecular formula is C16H22N4O. The van der Waals surface area contributed by atoms with Crippen LogP contribution in [0.5, 0.6) is 5.75 Å². The Bertz CT molecular complexity index is 586. The van der Waals surface area contributed by atoms with Gasteiger partial charge in [-0.2, -0.15) is 0 Å². The number of aromatic nitrogens is 2. The molecule has 0 amide bonds. The molecular weight excluding hydrogens is 264 g/mol. The van der Waals surface area contributed by atoms with Crippen molar-refractivity contribution in [2.75, 3.05) is 17.7 Å². The maximum absolute atomic E-state index is 5.90. The van der Waals surface area contributed by atoms with E-state index in [2.05, 4.69) is 22.2 Å². The highest BCUT2D eigenvalue weighted by Gasteiger charge is 2.05. The standard InChI is InChI=1S/C16H22N4O/c1-3-4-9-21-15-8-6-5-7-14(15)19-11-13-10-18-12(2)20-16(13)17/h5-8,10,19H,3-4,9,11H2,1-2H3,(H2,17,18,20). The van der Waals surface area contributed by atoms with Gasteiger partial charge in [-0.25, -0.2) is 9.97 Å². The topological polar surface area (TPSA) is 73.1 Å². The van der Waals surface area contributed by atoms with Gasteiger partial charge in [0.15, 0.2) is 0 Å². The molecule has 2 rings (SSSR count). The summed E-state index contributed by atoms with van der Waals surface area (Å²) in [6.45, 7) is 5.27. The molecule has 5 nitrogen and oxygen atoms in total. The van der Waals surface area contributed by atoms with Crippen LogP contribution in [-0.4, -0.2) is 16.6 Å². The van der Waals surface area contributed by atoms with Crippen molar-refractivity contribution < 1.29 is 4.74 Å². The number of anilines is 2. The summed E-state index contributed by atoms with van der Waals surface area (Å²) in [6, 6.07) is 7.90. The van der Waals surface area contributed by atoms with Crippen molar-refractivity contribution in [1.82, 2.24) is 9.97 Å². The Morgan fingerprint density at radius 1 is 1.29 bits per heavy atom. The van der Waals surface area contributed by atoms with Crippen LogP contribution >= 0.6 is 0 Å². The number of nitrogens with zero attached hydrogens (tertiary/aromatic N) is 2. The van der Waals surface area contributed by atoms with Gasteiger partial charge in [0.05, 0.1) is 12.3 Å². The van der Waals surface area contributed by atoms with Crippen LogP contribution in [0.3, 0.4) is 0 Å². The fraction of sp³-hybridized carbons (Fsp3) is 0.375. The summed E-state index contributed by atoms with van der Waals surface area (Å²) in [7, 11) is 0. The zero-order valence-electron chi connectivity index (χ0n) is 12.6. The van der Waals surface area contributed by atoms with Crippen LogP contribution in [-0.2, 0) is 6.54 Å². The monoisotopic (exact) mass is 286 g/mol. The molecule has 1 aromatic heterocycles. The van der Waals surface area contributed by atoms with Gasteiger partial charge in [-0.3, -0.25) is 0 Å². The van der Waals surface area contributed by atoms with Crippen molar-refractivity contribution in [1.29, 1.82) is 0 Å². The molecule has 0 aliphatic rings. The highest BCUT2D eigenvalue weighted by molar-refractivity contribution is 5.57. The lowest BCUT2D eigenvalue weighted by atomic mass is 10.2. The smallest absolute Gasteiger partial charge is 0.142 e. The minimum absolute atomic E-state index is 0.513. The van der Waals surface area contributed by atoms with Crippen molar-refractivity contribution in [3.05, 3.63) is 41.9 Å². The first kappa shape index (κ1) is 15.1. The largest absolute Gasteiger partial charge is 0.491 e. The first-order valence-corrected chi connectivity index (χ1v) is 7.24. The van der Waals surface area contributed by atoms with Gasteiger partial charge in [0.25, 0.3) is 0 Å². The van der Waals surface area contributed by atoms with E-state index < -0.39 is 0 Å². The molecule has 0 aliphatic heterocycles. The molecule has 0 saturated carbocycles. The molecule has 112 valence electrons. The normalized spacial score (nSPS) is 10.4. The van der Waals surface area contributed by atoms with E-state index in [1.165, 1.54) is 0 Å². The van der Waals surface area contributed by atoms with Gasteiger partial charge in [0.1, 0.15) is 17.4 Å². The average molecular weight is 286 g/mol. The molecule has 0 aliphatic carbocycles. The van der Waals surface area contributed by atoms with Crippen LogP contribution in [0.15, 0.2) is 30.5 Å². The number of unbranched alkanes of at least 4 members (excludes halogenated alkanes) is 1.